The van der Waals surface area contributed by atoms with E-state index in [1.54, 1.807) is 12.3 Å². The number of nitrogens with one attached hydrogen (secondary N) is 1. The van der Waals surface area contributed by atoms with Gasteiger partial charge in [-0.05, 0) is 38.2 Å². The van der Waals surface area contributed by atoms with E-state index in [4.69, 9.17) is 10.7 Å². The predicted molar refractivity (Wildman–Crippen MR) is 123 cm³/mol. The van der Waals surface area contributed by atoms with E-state index in [1.807, 2.05) is 22.9 Å². The molecule has 0 amide bonds. The maximum atomic E-state index is 12.4. The van der Waals surface area contributed by atoms with E-state index in [-0.39, 0.29) is 6.17 Å². The zero-order valence-electron chi connectivity index (χ0n) is 18.1. The van der Waals surface area contributed by atoms with Crippen LogP contribution in [0.4, 0.5) is 10.2 Å². The third kappa shape index (κ3) is 8.33. The molecule has 5 nitrogen and oxygen atoms in total. The van der Waals surface area contributed by atoms with Crippen molar-refractivity contribution in [3.8, 4) is 0 Å². The lowest BCUT2D eigenvalue weighted by Crippen LogP contribution is -2.34. The van der Waals surface area contributed by atoms with Gasteiger partial charge in [0.15, 0.2) is 0 Å². The number of rotatable bonds is 12. The highest BCUT2D eigenvalue weighted by Gasteiger charge is 2.06. The van der Waals surface area contributed by atoms with Crippen LogP contribution in [0.15, 0.2) is 71.5 Å². The van der Waals surface area contributed by atoms with Crippen LogP contribution in [0.1, 0.15) is 44.8 Å². The highest BCUT2D eigenvalue weighted by Crippen LogP contribution is 2.07. The van der Waals surface area contributed by atoms with Gasteiger partial charge in [0.25, 0.3) is 0 Å². The highest BCUT2D eigenvalue weighted by atomic mass is 19.1. The molecule has 2 aromatic rings. The standard InChI is InChI=1S/C24H34FN5/c1-3-9-21(12-7-15-25)14-17-27-20(2)30-19-23(26)29-18-24(30)28-16-8-13-22-10-5-4-6-11-22/h4-7,9-12,18-20,27H,3,8,13-17,26H2,1-2H3/b12-7-,21-9+,28-24?. The summed E-state index contributed by atoms with van der Waals surface area (Å²) in [6, 6.07) is 10.4. The molecule has 1 unspecified atom stereocenters. The first-order valence-electron chi connectivity index (χ1n) is 10.7. The van der Waals surface area contributed by atoms with Crippen molar-refractivity contribution in [1.29, 1.82) is 0 Å². The summed E-state index contributed by atoms with van der Waals surface area (Å²) in [5.41, 5.74) is 9.18. The van der Waals surface area contributed by atoms with Crippen LogP contribution in [0.3, 0.4) is 0 Å². The molecule has 0 spiro atoms. The van der Waals surface area contributed by atoms with Gasteiger partial charge in [-0.3, -0.25) is 10.3 Å². The highest BCUT2D eigenvalue weighted by molar-refractivity contribution is 5.22. The lowest BCUT2D eigenvalue weighted by Gasteiger charge is -2.19. The molecule has 6 heteroatoms. The van der Waals surface area contributed by atoms with E-state index in [0.717, 1.165) is 49.8 Å². The third-order valence-corrected chi connectivity index (χ3v) is 4.76. The minimum Gasteiger partial charge on any atom is -0.382 e. The number of allylic oxidation sites excluding steroid dienone is 3. The van der Waals surface area contributed by atoms with Gasteiger partial charge < -0.3 is 10.3 Å². The van der Waals surface area contributed by atoms with E-state index in [9.17, 15) is 4.39 Å². The molecular weight excluding hydrogens is 377 g/mol. The van der Waals surface area contributed by atoms with Crippen LogP contribution in [0.5, 0.6) is 0 Å². The van der Waals surface area contributed by atoms with Crippen molar-refractivity contribution in [2.75, 3.05) is 25.5 Å². The SMILES string of the molecule is CC/C=C(\C=C/CF)CCNC(C)n1cc(N)ncc1=NCCCc1ccccc1. The molecule has 0 saturated heterocycles. The van der Waals surface area contributed by atoms with Gasteiger partial charge >= 0.3 is 0 Å². The third-order valence-electron chi connectivity index (χ3n) is 4.76. The fourth-order valence-electron chi connectivity index (χ4n) is 3.23. The van der Waals surface area contributed by atoms with Gasteiger partial charge in [-0.15, -0.1) is 0 Å². The van der Waals surface area contributed by atoms with Gasteiger partial charge in [0.05, 0.1) is 12.4 Å². The Kier molecular flexibility index (Phi) is 10.6. The molecule has 1 heterocycles. The lowest BCUT2D eigenvalue weighted by molar-refractivity contribution is 0.423. The summed E-state index contributed by atoms with van der Waals surface area (Å²) < 4.78 is 14.4. The van der Waals surface area contributed by atoms with E-state index in [0.29, 0.717) is 5.82 Å². The minimum atomic E-state index is -0.438. The smallest absolute Gasteiger partial charge is 0.147 e. The molecule has 0 fully saturated rings. The van der Waals surface area contributed by atoms with Crippen molar-refractivity contribution in [1.82, 2.24) is 14.9 Å². The molecular formula is C24H34FN5. The van der Waals surface area contributed by atoms with Crippen LogP contribution in [0, 0.1) is 0 Å². The Morgan fingerprint density at radius 1 is 1.33 bits per heavy atom. The number of nitrogen functional groups attached to an aromatic ring is 1. The largest absolute Gasteiger partial charge is 0.382 e. The fraction of sp³-hybridized carbons (Fsp3) is 0.417. The van der Waals surface area contributed by atoms with Gasteiger partial charge in [0, 0.05) is 19.3 Å². The molecule has 2 rings (SSSR count). The van der Waals surface area contributed by atoms with Crippen LogP contribution in [-0.2, 0) is 6.42 Å². The lowest BCUT2D eigenvalue weighted by atomic mass is 10.1. The Balaban J connectivity index is 1.97. The Morgan fingerprint density at radius 2 is 2.13 bits per heavy atom. The summed E-state index contributed by atoms with van der Waals surface area (Å²) >= 11 is 0. The van der Waals surface area contributed by atoms with Gasteiger partial charge in [-0.2, -0.15) is 0 Å². The average molecular weight is 412 g/mol. The van der Waals surface area contributed by atoms with E-state index in [1.165, 1.54) is 5.56 Å². The molecule has 3 N–H and O–H groups in total. The first kappa shape index (κ1) is 23.5. The molecule has 0 aliphatic heterocycles. The van der Waals surface area contributed by atoms with Crippen LogP contribution in [-0.4, -0.2) is 29.3 Å². The van der Waals surface area contributed by atoms with Crippen molar-refractivity contribution < 1.29 is 4.39 Å². The normalized spacial score (nSPS) is 13.8. The number of aryl methyl sites for hydroxylation is 1. The number of benzene rings is 1. The summed E-state index contributed by atoms with van der Waals surface area (Å²) in [5, 5.41) is 3.50. The summed E-state index contributed by atoms with van der Waals surface area (Å²) in [5.74, 6) is 0.462. The number of hydrogen-bond acceptors (Lipinski definition) is 4. The topological polar surface area (TPSA) is 68.2 Å². The van der Waals surface area contributed by atoms with Gasteiger partial charge in [-0.25, -0.2) is 9.37 Å². The zero-order chi connectivity index (χ0) is 21.6. The Hall–Kier alpha value is -2.73. The van der Waals surface area contributed by atoms with Crippen LogP contribution < -0.4 is 16.5 Å². The predicted octanol–water partition coefficient (Wildman–Crippen LogP) is 4.36. The Labute approximate surface area is 179 Å². The Bertz CT molecular complexity index is 871. The Morgan fingerprint density at radius 3 is 2.87 bits per heavy atom. The quantitative estimate of drug-likeness (QED) is 0.403. The summed E-state index contributed by atoms with van der Waals surface area (Å²) in [4.78, 5) is 8.94. The van der Waals surface area contributed by atoms with Crippen molar-refractivity contribution in [3.05, 3.63) is 77.6 Å². The molecule has 0 saturated carbocycles. The number of nitrogens with zero attached hydrogens (tertiary/aromatic N) is 3. The van der Waals surface area contributed by atoms with Crippen LogP contribution in [0.2, 0.25) is 0 Å². The van der Waals surface area contributed by atoms with E-state index >= 15 is 0 Å². The molecule has 0 bridgehead atoms. The first-order chi connectivity index (χ1) is 14.6. The minimum absolute atomic E-state index is 0.0104. The monoisotopic (exact) mass is 411 g/mol. The van der Waals surface area contributed by atoms with Gasteiger partial charge in [-0.1, -0.05) is 61.1 Å². The summed E-state index contributed by atoms with van der Waals surface area (Å²) in [6.07, 6.45) is 12.8. The zero-order valence-corrected chi connectivity index (χ0v) is 18.1. The van der Waals surface area contributed by atoms with Crippen LogP contribution >= 0.6 is 0 Å². The number of nitrogens with two attached hydrogens (primary N) is 1. The maximum absolute atomic E-state index is 12.4. The molecule has 30 heavy (non-hydrogen) atoms. The van der Waals surface area contributed by atoms with Gasteiger partial charge in [0.2, 0.25) is 0 Å². The van der Waals surface area contributed by atoms with Crippen LogP contribution in [0.25, 0.3) is 0 Å². The van der Waals surface area contributed by atoms with Gasteiger partial charge in [0.1, 0.15) is 18.0 Å². The number of halogens is 1. The molecule has 0 radical (unpaired) electrons. The summed E-state index contributed by atoms with van der Waals surface area (Å²) in [7, 11) is 0. The van der Waals surface area contributed by atoms with Crippen molar-refractivity contribution in [3.63, 3.8) is 0 Å². The second-order valence-electron chi connectivity index (χ2n) is 7.17. The number of alkyl halides is 1. The number of hydrogen-bond donors (Lipinski definition) is 2. The molecule has 1 aromatic heterocycles. The molecule has 0 aliphatic carbocycles. The summed E-state index contributed by atoms with van der Waals surface area (Å²) in [6.45, 7) is 5.21. The average Bonchev–Trinajstić information content (AvgIpc) is 2.76. The second-order valence-corrected chi connectivity index (χ2v) is 7.17. The number of anilines is 1. The van der Waals surface area contributed by atoms with E-state index in [2.05, 4.69) is 54.5 Å². The maximum Gasteiger partial charge on any atom is 0.147 e. The van der Waals surface area contributed by atoms with E-state index < -0.39 is 6.67 Å². The van der Waals surface area contributed by atoms with Crippen molar-refractivity contribution in [2.24, 2.45) is 4.99 Å². The number of aromatic nitrogens is 2. The molecule has 1 atom stereocenters. The molecule has 0 aliphatic rings. The molecule has 1 aromatic carbocycles. The molecule has 162 valence electrons. The second kappa shape index (κ2) is 13.5. The van der Waals surface area contributed by atoms with Crippen molar-refractivity contribution in [2.45, 2.75) is 45.7 Å². The fourth-order valence-corrected chi connectivity index (χ4v) is 3.23. The van der Waals surface area contributed by atoms with Crippen molar-refractivity contribution >= 4 is 5.82 Å². The first-order valence-corrected chi connectivity index (χ1v) is 10.7.